The zero-order valence-corrected chi connectivity index (χ0v) is 15.4. The van der Waals surface area contributed by atoms with Crippen LogP contribution in [-0.4, -0.2) is 61.9 Å². The van der Waals surface area contributed by atoms with E-state index in [0.717, 1.165) is 6.08 Å². The zero-order valence-electron chi connectivity index (χ0n) is 14.6. The first-order valence-corrected chi connectivity index (χ1v) is 10.1. The molecule has 2 amide bonds. The van der Waals surface area contributed by atoms with Gasteiger partial charge >= 0.3 is 0 Å². The number of benzene rings is 1. The molecule has 1 aromatic carbocycles. The van der Waals surface area contributed by atoms with E-state index in [0.29, 0.717) is 37.3 Å². The fraction of sp³-hybridized carbons (Fsp3) is 0.444. The average molecular weight is 378 g/mol. The highest BCUT2D eigenvalue weighted by atomic mass is 32.2. The van der Waals surface area contributed by atoms with Crippen LogP contribution in [0.1, 0.15) is 23.2 Å². The van der Waals surface area contributed by atoms with Crippen LogP contribution in [-0.2, 0) is 19.4 Å². The molecular formula is C18H22N2O5S. The molecule has 0 aromatic heterocycles. The van der Waals surface area contributed by atoms with Crippen LogP contribution in [0.25, 0.3) is 0 Å². The van der Waals surface area contributed by atoms with Gasteiger partial charge in [0.25, 0.3) is 5.91 Å². The maximum atomic E-state index is 12.9. The summed E-state index contributed by atoms with van der Waals surface area (Å²) < 4.78 is 29.3. The van der Waals surface area contributed by atoms with Crippen molar-refractivity contribution in [3.8, 4) is 0 Å². The topological polar surface area (TPSA) is 92.8 Å². The summed E-state index contributed by atoms with van der Waals surface area (Å²) in [6.07, 6.45) is 1.97. The largest absolute Gasteiger partial charge is 0.381 e. The molecule has 3 rings (SSSR count). The van der Waals surface area contributed by atoms with Crippen LogP contribution in [0.15, 0.2) is 36.9 Å². The first kappa shape index (κ1) is 18.6. The van der Waals surface area contributed by atoms with Crippen molar-refractivity contribution >= 4 is 27.3 Å². The predicted molar refractivity (Wildman–Crippen MR) is 97.7 cm³/mol. The van der Waals surface area contributed by atoms with Crippen molar-refractivity contribution in [3.63, 3.8) is 0 Å². The quantitative estimate of drug-likeness (QED) is 0.796. The highest BCUT2D eigenvalue weighted by Gasteiger charge is 2.62. The van der Waals surface area contributed by atoms with Gasteiger partial charge in [-0.1, -0.05) is 12.6 Å². The molecule has 2 aliphatic rings. The fourth-order valence-electron chi connectivity index (χ4n) is 3.73. The molecule has 0 saturated carbocycles. The first-order valence-electron chi connectivity index (χ1n) is 8.41. The Hall–Kier alpha value is -2.19. The molecule has 1 N–H and O–H groups in total. The number of carbonyl (C=O) groups excluding carboxylic acids is 2. The van der Waals surface area contributed by atoms with E-state index in [1.54, 1.807) is 31.3 Å². The average Bonchev–Trinajstić information content (AvgIpc) is 2.65. The molecule has 8 heteroatoms. The zero-order chi connectivity index (χ0) is 18.9. The molecule has 1 aromatic rings. The van der Waals surface area contributed by atoms with Gasteiger partial charge in [-0.3, -0.25) is 9.59 Å². The number of nitrogens with zero attached hydrogens (tertiary/aromatic N) is 1. The van der Waals surface area contributed by atoms with Crippen LogP contribution >= 0.6 is 0 Å². The van der Waals surface area contributed by atoms with Crippen molar-refractivity contribution in [2.24, 2.45) is 0 Å². The highest BCUT2D eigenvalue weighted by molar-refractivity contribution is 7.94. The lowest BCUT2D eigenvalue weighted by molar-refractivity contribution is -0.111. The van der Waals surface area contributed by atoms with Gasteiger partial charge in [-0.2, -0.15) is 0 Å². The summed E-state index contributed by atoms with van der Waals surface area (Å²) in [6, 6.07) is 6.19. The Morgan fingerprint density at radius 2 is 2.04 bits per heavy atom. The number of hydrogen-bond acceptors (Lipinski definition) is 5. The fourth-order valence-corrected chi connectivity index (χ4v) is 6.17. The van der Waals surface area contributed by atoms with Crippen LogP contribution in [0.4, 0.5) is 5.69 Å². The van der Waals surface area contributed by atoms with Crippen molar-refractivity contribution in [1.82, 2.24) is 4.90 Å². The van der Waals surface area contributed by atoms with Crippen molar-refractivity contribution < 1.29 is 22.7 Å². The van der Waals surface area contributed by atoms with Gasteiger partial charge in [0.05, 0.1) is 16.5 Å². The van der Waals surface area contributed by atoms with Gasteiger partial charge < -0.3 is 15.0 Å². The second-order valence-corrected chi connectivity index (χ2v) is 9.04. The number of anilines is 1. The number of rotatable bonds is 4. The second-order valence-electron chi connectivity index (χ2n) is 6.66. The minimum Gasteiger partial charge on any atom is -0.381 e. The van der Waals surface area contributed by atoms with Gasteiger partial charge in [0.1, 0.15) is 0 Å². The number of ether oxygens (including phenoxy) is 1. The van der Waals surface area contributed by atoms with E-state index >= 15 is 0 Å². The van der Waals surface area contributed by atoms with E-state index in [1.165, 1.54) is 4.90 Å². The molecule has 0 radical (unpaired) electrons. The lowest BCUT2D eigenvalue weighted by Gasteiger charge is -2.53. The maximum absolute atomic E-state index is 12.9. The van der Waals surface area contributed by atoms with Gasteiger partial charge in [-0.05, 0) is 37.1 Å². The van der Waals surface area contributed by atoms with E-state index in [9.17, 15) is 18.0 Å². The Morgan fingerprint density at radius 1 is 1.35 bits per heavy atom. The summed E-state index contributed by atoms with van der Waals surface area (Å²) in [5, 5.41) is 2.61. The summed E-state index contributed by atoms with van der Waals surface area (Å²) in [4.78, 5) is 25.8. The third-order valence-corrected chi connectivity index (χ3v) is 7.97. The summed E-state index contributed by atoms with van der Waals surface area (Å²) in [5.41, 5.74) is 0.872. The SMILES string of the molecule is C=CC(=O)Nc1cccc(C(=O)N(C)C2CS(=O)(=O)C23CCOCC3)c1. The highest BCUT2D eigenvalue weighted by Crippen LogP contribution is 2.45. The smallest absolute Gasteiger partial charge is 0.254 e. The van der Waals surface area contributed by atoms with Crippen LogP contribution in [0.2, 0.25) is 0 Å². The first-order chi connectivity index (χ1) is 12.3. The molecule has 0 bridgehead atoms. The second kappa shape index (κ2) is 6.85. The lowest BCUT2D eigenvalue weighted by Crippen LogP contribution is -2.71. The predicted octanol–water partition coefficient (Wildman–Crippen LogP) is 1.23. The Bertz CT molecular complexity index is 843. The molecular weight excluding hydrogens is 356 g/mol. The van der Waals surface area contributed by atoms with E-state index in [1.807, 2.05) is 0 Å². The molecule has 2 heterocycles. The Morgan fingerprint density at radius 3 is 2.65 bits per heavy atom. The summed E-state index contributed by atoms with van der Waals surface area (Å²) in [7, 11) is -1.59. The van der Waals surface area contributed by atoms with Crippen molar-refractivity contribution in [3.05, 3.63) is 42.5 Å². The van der Waals surface area contributed by atoms with Crippen LogP contribution < -0.4 is 5.32 Å². The molecule has 2 fully saturated rings. The summed E-state index contributed by atoms with van der Waals surface area (Å²) in [5.74, 6) is -0.665. The van der Waals surface area contributed by atoms with Crippen molar-refractivity contribution in [1.29, 1.82) is 0 Å². The molecule has 140 valence electrons. The third kappa shape index (κ3) is 3.03. The minimum atomic E-state index is -3.22. The number of sulfone groups is 1. The van der Waals surface area contributed by atoms with Crippen molar-refractivity contribution in [2.45, 2.75) is 23.6 Å². The van der Waals surface area contributed by atoms with Gasteiger partial charge in [-0.15, -0.1) is 0 Å². The van der Waals surface area contributed by atoms with Gasteiger partial charge in [0.15, 0.2) is 9.84 Å². The standard InChI is InChI=1S/C18H22N2O5S/c1-3-16(21)19-14-6-4-5-13(11-14)17(22)20(2)15-12-26(23,24)18(15)7-9-25-10-8-18/h3-6,11,15H,1,7-10,12H2,2H3,(H,19,21). The number of carbonyl (C=O) groups is 2. The third-order valence-electron chi connectivity index (χ3n) is 5.29. The van der Waals surface area contributed by atoms with Crippen LogP contribution in [0, 0.1) is 0 Å². The molecule has 1 unspecified atom stereocenters. The van der Waals surface area contributed by atoms with Gasteiger partial charge in [0, 0.05) is 31.5 Å². The lowest BCUT2D eigenvalue weighted by atomic mass is 9.89. The van der Waals surface area contributed by atoms with Crippen molar-refractivity contribution in [2.75, 3.05) is 31.3 Å². The van der Waals surface area contributed by atoms with E-state index < -0.39 is 14.6 Å². The van der Waals surface area contributed by atoms with E-state index in [2.05, 4.69) is 11.9 Å². The maximum Gasteiger partial charge on any atom is 0.254 e. The van der Waals surface area contributed by atoms with Gasteiger partial charge in [0.2, 0.25) is 5.91 Å². The Kier molecular flexibility index (Phi) is 4.90. The Balaban J connectivity index is 1.81. The summed E-state index contributed by atoms with van der Waals surface area (Å²) >= 11 is 0. The number of nitrogens with one attached hydrogen (secondary N) is 1. The van der Waals surface area contributed by atoms with Crippen LogP contribution in [0.5, 0.6) is 0 Å². The molecule has 26 heavy (non-hydrogen) atoms. The van der Waals surface area contributed by atoms with Gasteiger partial charge in [-0.25, -0.2) is 8.42 Å². The van der Waals surface area contributed by atoms with E-state index in [-0.39, 0.29) is 23.6 Å². The van der Waals surface area contributed by atoms with Crippen LogP contribution in [0.3, 0.4) is 0 Å². The Labute approximate surface area is 152 Å². The number of hydrogen-bond donors (Lipinski definition) is 1. The molecule has 7 nitrogen and oxygen atoms in total. The summed E-state index contributed by atoms with van der Waals surface area (Å²) in [6.45, 7) is 4.17. The molecule has 1 spiro atoms. The van der Waals surface area contributed by atoms with E-state index in [4.69, 9.17) is 4.74 Å². The molecule has 1 atom stereocenters. The number of amides is 2. The molecule has 2 aliphatic heterocycles. The minimum absolute atomic E-state index is 0.0257. The molecule has 0 aliphatic carbocycles. The monoisotopic (exact) mass is 378 g/mol. The normalized spacial score (nSPS) is 22.9. The molecule has 2 saturated heterocycles.